The van der Waals surface area contributed by atoms with E-state index in [9.17, 15) is 9.90 Å². The third-order valence-corrected chi connectivity index (χ3v) is 3.06. The standard InChI is InChI=1S/C15H13ClO3/c1-10-6-7-12(14(17)8-10)15(18)19-9-11-4-2-3-5-13(11)16/h2-8,17H,9H2,1H3. The highest BCUT2D eigenvalue weighted by Crippen LogP contribution is 2.21. The number of phenolic OH excluding ortho intramolecular Hbond substituents is 1. The third-order valence-electron chi connectivity index (χ3n) is 2.69. The zero-order chi connectivity index (χ0) is 13.8. The number of aromatic hydroxyl groups is 1. The summed E-state index contributed by atoms with van der Waals surface area (Å²) in [5.41, 5.74) is 1.75. The second kappa shape index (κ2) is 5.76. The molecule has 0 bridgehead atoms. The van der Waals surface area contributed by atoms with Crippen molar-refractivity contribution in [1.29, 1.82) is 0 Å². The lowest BCUT2D eigenvalue weighted by atomic mass is 10.1. The lowest BCUT2D eigenvalue weighted by Crippen LogP contribution is -2.06. The maximum atomic E-state index is 11.8. The Balaban J connectivity index is 2.08. The van der Waals surface area contributed by atoms with Crippen LogP contribution >= 0.6 is 11.6 Å². The molecule has 0 fully saturated rings. The predicted molar refractivity (Wildman–Crippen MR) is 73.4 cm³/mol. The van der Waals surface area contributed by atoms with Gasteiger partial charge in [0.25, 0.3) is 0 Å². The topological polar surface area (TPSA) is 46.5 Å². The monoisotopic (exact) mass is 276 g/mol. The summed E-state index contributed by atoms with van der Waals surface area (Å²) >= 11 is 5.97. The first-order chi connectivity index (χ1) is 9.08. The maximum Gasteiger partial charge on any atom is 0.342 e. The van der Waals surface area contributed by atoms with Crippen LogP contribution in [0.1, 0.15) is 21.5 Å². The highest BCUT2D eigenvalue weighted by molar-refractivity contribution is 6.31. The molecule has 0 unspecified atom stereocenters. The number of hydrogen-bond donors (Lipinski definition) is 1. The van der Waals surface area contributed by atoms with Crippen LogP contribution in [0.3, 0.4) is 0 Å². The average molecular weight is 277 g/mol. The van der Waals surface area contributed by atoms with Crippen molar-refractivity contribution >= 4 is 17.6 Å². The van der Waals surface area contributed by atoms with Crippen LogP contribution in [0.5, 0.6) is 5.75 Å². The van der Waals surface area contributed by atoms with Crippen molar-refractivity contribution in [3.8, 4) is 5.75 Å². The van der Waals surface area contributed by atoms with Crippen LogP contribution in [0.25, 0.3) is 0 Å². The molecule has 0 atom stereocenters. The Morgan fingerprint density at radius 2 is 2.00 bits per heavy atom. The van der Waals surface area contributed by atoms with Gasteiger partial charge in [-0.25, -0.2) is 4.79 Å². The third kappa shape index (κ3) is 3.26. The van der Waals surface area contributed by atoms with E-state index in [0.717, 1.165) is 11.1 Å². The average Bonchev–Trinajstić information content (AvgIpc) is 2.37. The smallest absolute Gasteiger partial charge is 0.342 e. The van der Waals surface area contributed by atoms with E-state index in [1.54, 1.807) is 30.3 Å². The first-order valence-corrected chi connectivity index (χ1v) is 6.16. The lowest BCUT2D eigenvalue weighted by Gasteiger charge is -2.08. The van der Waals surface area contributed by atoms with Crippen molar-refractivity contribution in [2.24, 2.45) is 0 Å². The van der Waals surface area contributed by atoms with Gasteiger partial charge in [0.2, 0.25) is 0 Å². The van der Waals surface area contributed by atoms with Crippen LogP contribution < -0.4 is 0 Å². The highest BCUT2D eigenvalue weighted by Gasteiger charge is 2.13. The maximum absolute atomic E-state index is 11.8. The van der Waals surface area contributed by atoms with Gasteiger partial charge in [-0.05, 0) is 30.7 Å². The fourth-order valence-electron chi connectivity index (χ4n) is 1.65. The van der Waals surface area contributed by atoms with E-state index in [0.29, 0.717) is 5.02 Å². The Labute approximate surface area is 116 Å². The SMILES string of the molecule is Cc1ccc(C(=O)OCc2ccccc2Cl)c(O)c1. The predicted octanol–water partition coefficient (Wildman–Crippen LogP) is 3.71. The Morgan fingerprint density at radius 1 is 1.26 bits per heavy atom. The number of halogens is 1. The Kier molecular flexibility index (Phi) is 4.07. The summed E-state index contributed by atoms with van der Waals surface area (Å²) in [5.74, 6) is -0.651. The van der Waals surface area contributed by atoms with Crippen molar-refractivity contribution in [2.75, 3.05) is 0 Å². The molecule has 0 heterocycles. The van der Waals surface area contributed by atoms with Gasteiger partial charge in [0, 0.05) is 10.6 Å². The zero-order valence-electron chi connectivity index (χ0n) is 10.4. The number of esters is 1. The van der Waals surface area contributed by atoms with Crippen LogP contribution in [-0.4, -0.2) is 11.1 Å². The summed E-state index contributed by atoms with van der Waals surface area (Å²) in [6.07, 6.45) is 0. The molecular weight excluding hydrogens is 264 g/mol. The molecule has 0 spiro atoms. The first kappa shape index (κ1) is 13.4. The number of ether oxygens (including phenoxy) is 1. The summed E-state index contributed by atoms with van der Waals surface area (Å²) < 4.78 is 5.13. The fourth-order valence-corrected chi connectivity index (χ4v) is 1.84. The molecule has 2 aromatic rings. The van der Waals surface area contributed by atoms with Gasteiger partial charge >= 0.3 is 5.97 Å². The van der Waals surface area contributed by atoms with Crippen molar-refractivity contribution in [1.82, 2.24) is 0 Å². The molecule has 0 aliphatic carbocycles. The van der Waals surface area contributed by atoms with Gasteiger partial charge in [0.1, 0.15) is 17.9 Å². The van der Waals surface area contributed by atoms with E-state index in [1.165, 1.54) is 6.07 Å². The molecule has 0 aliphatic rings. The van der Waals surface area contributed by atoms with Crippen molar-refractivity contribution in [2.45, 2.75) is 13.5 Å². The summed E-state index contributed by atoms with van der Waals surface area (Å²) in [6.45, 7) is 1.91. The quantitative estimate of drug-likeness (QED) is 0.869. The zero-order valence-corrected chi connectivity index (χ0v) is 11.1. The Bertz CT molecular complexity index is 608. The molecule has 3 nitrogen and oxygen atoms in total. The highest BCUT2D eigenvalue weighted by atomic mass is 35.5. The molecule has 98 valence electrons. The van der Waals surface area contributed by atoms with E-state index in [1.807, 2.05) is 13.0 Å². The minimum atomic E-state index is -0.572. The second-order valence-electron chi connectivity index (χ2n) is 4.19. The van der Waals surface area contributed by atoms with Crippen LogP contribution in [0, 0.1) is 6.92 Å². The van der Waals surface area contributed by atoms with E-state index in [-0.39, 0.29) is 17.9 Å². The molecule has 0 radical (unpaired) electrons. The number of rotatable bonds is 3. The van der Waals surface area contributed by atoms with Crippen LogP contribution in [0.15, 0.2) is 42.5 Å². The molecule has 4 heteroatoms. The van der Waals surface area contributed by atoms with E-state index in [2.05, 4.69) is 0 Å². The van der Waals surface area contributed by atoms with Gasteiger partial charge in [-0.15, -0.1) is 0 Å². The number of carbonyl (C=O) groups is 1. The van der Waals surface area contributed by atoms with Gasteiger partial charge in [-0.3, -0.25) is 0 Å². The molecular formula is C15H13ClO3. The summed E-state index contributed by atoms with van der Waals surface area (Å²) in [7, 11) is 0. The first-order valence-electron chi connectivity index (χ1n) is 5.78. The minimum absolute atomic E-state index is 0.0752. The molecule has 0 saturated heterocycles. The molecule has 2 rings (SSSR count). The van der Waals surface area contributed by atoms with Crippen LogP contribution in [0.2, 0.25) is 5.02 Å². The fraction of sp³-hybridized carbons (Fsp3) is 0.133. The largest absolute Gasteiger partial charge is 0.507 e. The van der Waals surface area contributed by atoms with Crippen molar-refractivity contribution in [3.05, 3.63) is 64.2 Å². The molecule has 0 aliphatic heterocycles. The van der Waals surface area contributed by atoms with Gasteiger partial charge in [-0.1, -0.05) is 35.9 Å². The number of aryl methyl sites for hydroxylation is 1. The molecule has 1 N–H and O–H groups in total. The van der Waals surface area contributed by atoms with Crippen molar-refractivity contribution in [3.63, 3.8) is 0 Å². The molecule has 19 heavy (non-hydrogen) atoms. The number of benzene rings is 2. The summed E-state index contributed by atoms with van der Waals surface area (Å²) in [5, 5.41) is 10.2. The number of phenols is 1. The summed E-state index contributed by atoms with van der Waals surface area (Å²) in [4.78, 5) is 11.8. The van der Waals surface area contributed by atoms with Gasteiger partial charge in [0.05, 0.1) is 0 Å². The van der Waals surface area contributed by atoms with Crippen LogP contribution in [0.4, 0.5) is 0 Å². The molecule has 0 saturated carbocycles. The second-order valence-corrected chi connectivity index (χ2v) is 4.60. The molecule has 2 aromatic carbocycles. The molecule has 0 amide bonds. The minimum Gasteiger partial charge on any atom is -0.507 e. The van der Waals surface area contributed by atoms with E-state index in [4.69, 9.17) is 16.3 Å². The lowest BCUT2D eigenvalue weighted by molar-refractivity contribution is 0.0469. The summed E-state index contributed by atoms with van der Waals surface area (Å²) in [6, 6.07) is 11.9. The van der Waals surface area contributed by atoms with E-state index < -0.39 is 5.97 Å². The van der Waals surface area contributed by atoms with Gasteiger partial charge in [-0.2, -0.15) is 0 Å². The van der Waals surface area contributed by atoms with Crippen molar-refractivity contribution < 1.29 is 14.6 Å². The number of carbonyl (C=O) groups excluding carboxylic acids is 1. The van der Waals surface area contributed by atoms with Gasteiger partial charge < -0.3 is 9.84 Å². The van der Waals surface area contributed by atoms with Crippen LogP contribution in [-0.2, 0) is 11.3 Å². The van der Waals surface area contributed by atoms with E-state index >= 15 is 0 Å². The number of hydrogen-bond acceptors (Lipinski definition) is 3. The normalized spacial score (nSPS) is 10.2. The Morgan fingerprint density at radius 3 is 2.68 bits per heavy atom. The van der Waals surface area contributed by atoms with Gasteiger partial charge in [0.15, 0.2) is 0 Å². The Hall–Kier alpha value is -2.00. The molecule has 0 aromatic heterocycles.